The minimum Gasteiger partial charge on any atom is -0.444 e. The molecule has 41 heavy (non-hydrogen) atoms. The number of aryl methyl sites for hydroxylation is 1. The largest absolute Gasteiger partial charge is 0.444 e. The second-order valence-corrected chi connectivity index (χ2v) is 13.0. The molecule has 2 aliphatic rings. The van der Waals surface area contributed by atoms with Gasteiger partial charge < -0.3 is 25.2 Å². The van der Waals surface area contributed by atoms with Crippen molar-refractivity contribution >= 4 is 23.8 Å². The summed E-state index contributed by atoms with van der Waals surface area (Å²) in [6.07, 6.45) is 2.19. The van der Waals surface area contributed by atoms with Crippen molar-refractivity contribution in [1.29, 1.82) is 0 Å². The minimum atomic E-state index is -1.00. The molecule has 0 aromatic heterocycles. The number of likely N-dealkylation sites (N-methyl/N-ethyl adjacent to an activating group) is 1. The van der Waals surface area contributed by atoms with Crippen molar-refractivity contribution in [2.24, 2.45) is 10.5 Å². The number of amides is 4. The van der Waals surface area contributed by atoms with E-state index in [9.17, 15) is 19.2 Å². The minimum absolute atomic E-state index is 0.0580. The number of nitrogens with one attached hydrogen (secondary N) is 2. The topological polar surface area (TPSA) is 157 Å². The van der Waals surface area contributed by atoms with Crippen molar-refractivity contribution in [2.75, 3.05) is 20.1 Å². The Morgan fingerprint density at radius 3 is 2.49 bits per heavy atom. The van der Waals surface area contributed by atoms with Crippen LogP contribution in [0.3, 0.4) is 0 Å². The number of carbonyl (C=O) groups is 4. The number of likely N-dealkylation sites (tertiary alicyclic amines) is 1. The number of nitrogens with zero attached hydrogens (tertiary/aromatic N) is 5. The smallest absolute Gasteiger partial charge is 0.410 e. The van der Waals surface area contributed by atoms with Crippen molar-refractivity contribution < 1.29 is 23.9 Å². The first-order valence-corrected chi connectivity index (χ1v) is 14.1. The predicted octanol–water partition coefficient (Wildman–Crippen LogP) is 3.86. The Kier molecular flexibility index (Phi) is 9.91. The van der Waals surface area contributed by atoms with Gasteiger partial charge in [-0.3, -0.25) is 14.4 Å². The molecule has 1 saturated heterocycles. The van der Waals surface area contributed by atoms with Crippen LogP contribution in [0.2, 0.25) is 0 Å². The van der Waals surface area contributed by atoms with Gasteiger partial charge in [0.2, 0.25) is 17.7 Å². The second-order valence-electron chi connectivity index (χ2n) is 13.0. The van der Waals surface area contributed by atoms with Crippen LogP contribution in [0.5, 0.6) is 0 Å². The van der Waals surface area contributed by atoms with Crippen LogP contribution in [-0.2, 0) is 25.5 Å². The second kappa shape index (κ2) is 12.8. The average Bonchev–Trinajstić information content (AvgIpc) is 3.30. The highest BCUT2D eigenvalue weighted by Gasteiger charge is 2.45. The third-order valence-electron chi connectivity index (χ3n) is 7.27. The van der Waals surface area contributed by atoms with E-state index in [0.29, 0.717) is 0 Å². The molecule has 1 aliphatic carbocycles. The van der Waals surface area contributed by atoms with E-state index in [2.05, 4.69) is 26.7 Å². The Bertz CT molecular complexity index is 1200. The van der Waals surface area contributed by atoms with E-state index in [1.807, 2.05) is 39.0 Å². The van der Waals surface area contributed by atoms with Gasteiger partial charge in [-0.1, -0.05) is 50.2 Å². The fourth-order valence-corrected chi connectivity index (χ4v) is 5.28. The lowest BCUT2D eigenvalue weighted by molar-refractivity contribution is -0.144. The Balaban J connectivity index is 1.78. The van der Waals surface area contributed by atoms with Crippen molar-refractivity contribution in [3.63, 3.8) is 0 Å². The number of hydrogen-bond donors (Lipinski definition) is 2. The summed E-state index contributed by atoms with van der Waals surface area (Å²) >= 11 is 0. The number of benzene rings is 1. The highest BCUT2D eigenvalue weighted by Crippen LogP contribution is 2.31. The highest BCUT2D eigenvalue weighted by molar-refractivity contribution is 5.94. The van der Waals surface area contributed by atoms with E-state index >= 15 is 0 Å². The molecule has 3 rings (SSSR count). The predicted molar refractivity (Wildman–Crippen MR) is 154 cm³/mol. The standard InChI is InChI=1S/C29H43N7O5/c1-28(2,3)24(32-23(37)17-35(7)27(40)41-29(4,5)6)26(39)36-16-19(33-34-30)15-22(36)25(38)31-21-14-10-12-18-11-8-9-13-20(18)21/h8-9,11,13,19,21-22,24H,10,12,14-17H2,1-7H3,(H,31,38)(H,32,37)/t19-,21+,22-,24+/m0/s1. The van der Waals surface area contributed by atoms with E-state index in [-0.39, 0.29) is 31.5 Å². The van der Waals surface area contributed by atoms with E-state index in [1.54, 1.807) is 20.8 Å². The lowest BCUT2D eigenvalue weighted by Gasteiger charge is -2.36. The Hall–Kier alpha value is -3.79. The summed E-state index contributed by atoms with van der Waals surface area (Å²) in [5.74, 6) is -1.32. The lowest BCUT2D eigenvalue weighted by Crippen LogP contribution is -2.59. The van der Waals surface area contributed by atoms with Gasteiger partial charge in [-0.2, -0.15) is 0 Å². The van der Waals surface area contributed by atoms with Gasteiger partial charge in [-0.25, -0.2) is 4.79 Å². The van der Waals surface area contributed by atoms with Crippen LogP contribution in [0.1, 0.15) is 78.0 Å². The molecule has 0 spiro atoms. The summed E-state index contributed by atoms with van der Waals surface area (Å²) < 4.78 is 5.31. The lowest BCUT2D eigenvalue weighted by atomic mass is 9.85. The highest BCUT2D eigenvalue weighted by atomic mass is 16.6. The fourth-order valence-electron chi connectivity index (χ4n) is 5.28. The molecule has 1 aromatic carbocycles. The van der Waals surface area contributed by atoms with Gasteiger partial charge in [0.1, 0.15) is 24.2 Å². The number of hydrogen-bond acceptors (Lipinski definition) is 6. The average molecular weight is 570 g/mol. The maximum Gasteiger partial charge on any atom is 0.410 e. The maximum absolute atomic E-state index is 14.0. The van der Waals surface area contributed by atoms with Crippen LogP contribution in [-0.4, -0.2) is 77.5 Å². The summed E-state index contributed by atoms with van der Waals surface area (Å²) in [6, 6.07) is 5.39. The molecule has 4 atom stereocenters. The van der Waals surface area contributed by atoms with E-state index in [1.165, 1.54) is 17.5 Å². The third-order valence-corrected chi connectivity index (χ3v) is 7.27. The summed E-state index contributed by atoms with van der Waals surface area (Å²) in [5, 5.41) is 9.70. The van der Waals surface area contributed by atoms with Crippen molar-refractivity contribution in [3.05, 3.63) is 45.8 Å². The molecule has 1 aliphatic heterocycles. The summed E-state index contributed by atoms with van der Waals surface area (Å²) in [5.41, 5.74) is 9.88. The quantitative estimate of drug-likeness (QED) is 0.290. The molecule has 4 amide bonds. The normalized spacial score (nSPS) is 21.1. The maximum atomic E-state index is 14.0. The number of carbonyl (C=O) groups excluding carboxylic acids is 4. The van der Waals surface area contributed by atoms with Gasteiger partial charge in [0.15, 0.2) is 0 Å². The first-order valence-electron chi connectivity index (χ1n) is 14.1. The molecule has 0 unspecified atom stereocenters. The van der Waals surface area contributed by atoms with Crippen LogP contribution in [0.25, 0.3) is 10.4 Å². The van der Waals surface area contributed by atoms with E-state index in [0.717, 1.165) is 29.7 Å². The molecular weight excluding hydrogens is 526 g/mol. The van der Waals surface area contributed by atoms with E-state index < -0.39 is 47.0 Å². The van der Waals surface area contributed by atoms with Gasteiger partial charge >= 0.3 is 6.09 Å². The van der Waals surface area contributed by atoms with Crippen molar-refractivity contribution in [1.82, 2.24) is 20.4 Å². The van der Waals surface area contributed by atoms with Crippen LogP contribution in [0.4, 0.5) is 4.79 Å². The Labute approximate surface area is 241 Å². The zero-order chi connectivity index (χ0) is 30.5. The molecule has 0 bridgehead atoms. The van der Waals surface area contributed by atoms with E-state index in [4.69, 9.17) is 10.3 Å². The first kappa shape index (κ1) is 31.7. The molecule has 0 radical (unpaired) electrons. The molecule has 12 heteroatoms. The van der Waals surface area contributed by atoms with Crippen molar-refractivity contribution in [2.45, 2.75) is 97.0 Å². The number of ether oxygens (including phenoxy) is 1. The molecule has 1 fully saturated rings. The Morgan fingerprint density at radius 1 is 1.17 bits per heavy atom. The number of rotatable bonds is 7. The SMILES string of the molecule is CN(CC(=O)N[C@H](C(=O)N1C[C@@H](N=[N+]=[N-])C[C@H]1C(=O)N[C@@H]1CCCc2ccccc21)C(C)(C)C)C(=O)OC(C)(C)C. The summed E-state index contributed by atoms with van der Waals surface area (Å²) in [7, 11) is 1.44. The monoisotopic (exact) mass is 569 g/mol. The van der Waals surface area contributed by atoms with Gasteiger partial charge in [0, 0.05) is 18.5 Å². The van der Waals surface area contributed by atoms with Gasteiger partial charge in [0.25, 0.3) is 0 Å². The molecule has 1 heterocycles. The summed E-state index contributed by atoms with van der Waals surface area (Å²) in [6.45, 7) is 10.3. The molecule has 1 aromatic rings. The van der Waals surface area contributed by atoms with Gasteiger partial charge in [0.05, 0.1) is 12.1 Å². The number of azide groups is 1. The van der Waals surface area contributed by atoms with Crippen LogP contribution >= 0.6 is 0 Å². The molecule has 2 N–H and O–H groups in total. The van der Waals surface area contributed by atoms with Crippen LogP contribution in [0.15, 0.2) is 29.4 Å². The molecule has 224 valence electrons. The first-order chi connectivity index (χ1) is 19.1. The third kappa shape index (κ3) is 8.36. The fraction of sp³-hybridized carbons (Fsp3) is 0.655. The van der Waals surface area contributed by atoms with Crippen LogP contribution in [0, 0.1) is 5.41 Å². The van der Waals surface area contributed by atoms with Crippen LogP contribution < -0.4 is 10.6 Å². The van der Waals surface area contributed by atoms with Gasteiger partial charge in [-0.15, -0.1) is 0 Å². The number of fused-ring (bicyclic) bond motifs is 1. The van der Waals surface area contributed by atoms with Crippen molar-refractivity contribution in [3.8, 4) is 0 Å². The zero-order valence-corrected chi connectivity index (χ0v) is 25.1. The zero-order valence-electron chi connectivity index (χ0n) is 25.1. The Morgan fingerprint density at radius 2 is 1.85 bits per heavy atom. The van der Waals surface area contributed by atoms with Gasteiger partial charge in [-0.05, 0) is 68.5 Å². The molecule has 0 saturated carbocycles. The summed E-state index contributed by atoms with van der Waals surface area (Å²) in [4.78, 5) is 58.4. The molecular formula is C29H43N7O5. The molecule has 12 nitrogen and oxygen atoms in total.